The number of pyridine rings is 1. The van der Waals surface area contributed by atoms with Gasteiger partial charge in [0.2, 0.25) is 5.88 Å². The molecule has 0 amide bonds. The van der Waals surface area contributed by atoms with Crippen LogP contribution in [0.1, 0.15) is 35.8 Å². The maximum atomic E-state index is 5.50. The van der Waals surface area contributed by atoms with Gasteiger partial charge in [0.1, 0.15) is 5.76 Å². The van der Waals surface area contributed by atoms with E-state index in [0.29, 0.717) is 11.9 Å². The fraction of sp³-hybridized carbons (Fsp3) is 0.400. The predicted molar refractivity (Wildman–Crippen MR) is 72.0 cm³/mol. The molecule has 2 aromatic rings. The molecule has 100 valence electrons. The van der Waals surface area contributed by atoms with E-state index in [2.05, 4.69) is 16.4 Å². The molecular formula is C15H18N2O2. The molecule has 0 saturated heterocycles. The molecule has 0 radical (unpaired) electrons. The van der Waals surface area contributed by atoms with Crippen molar-refractivity contribution in [2.24, 2.45) is 0 Å². The van der Waals surface area contributed by atoms with E-state index in [-0.39, 0.29) is 0 Å². The van der Waals surface area contributed by atoms with Gasteiger partial charge in [0.05, 0.1) is 13.4 Å². The van der Waals surface area contributed by atoms with Crippen LogP contribution in [0.2, 0.25) is 0 Å². The van der Waals surface area contributed by atoms with Crippen molar-refractivity contribution in [1.29, 1.82) is 0 Å². The highest BCUT2D eigenvalue weighted by Gasteiger charge is 2.21. The zero-order valence-electron chi connectivity index (χ0n) is 11.1. The number of ether oxygens (including phenoxy) is 1. The van der Waals surface area contributed by atoms with Crippen LogP contribution in [0.15, 0.2) is 35.1 Å². The Labute approximate surface area is 112 Å². The van der Waals surface area contributed by atoms with E-state index < -0.39 is 0 Å². The van der Waals surface area contributed by atoms with Crippen molar-refractivity contribution in [2.45, 2.75) is 31.8 Å². The van der Waals surface area contributed by atoms with E-state index in [1.165, 1.54) is 17.5 Å². The second kappa shape index (κ2) is 5.45. The van der Waals surface area contributed by atoms with E-state index >= 15 is 0 Å². The number of furan rings is 1. The molecule has 3 rings (SSSR count). The van der Waals surface area contributed by atoms with Gasteiger partial charge in [-0.3, -0.25) is 0 Å². The fourth-order valence-electron chi connectivity index (χ4n) is 2.61. The van der Waals surface area contributed by atoms with Crippen molar-refractivity contribution < 1.29 is 9.15 Å². The minimum Gasteiger partial charge on any atom is -0.481 e. The van der Waals surface area contributed by atoms with Crippen LogP contribution < -0.4 is 10.1 Å². The summed E-state index contributed by atoms with van der Waals surface area (Å²) in [5.74, 6) is 1.79. The van der Waals surface area contributed by atoms with Crippen molar-refractivity contribution in [1.82, 2.24) is 10.3 Å². The van der Waals surface area contributed by atoms with E-state index in [0.717, 1.165) is 25.1 Å². The standard InChI is InChI=1S/C15H18N2O2/c1-18-15-9-11(5-7-16-15)10-17-13-3-2-4-14-12(13)6-8-19-14/h5-9,13,17H,2-4,10H2,1H3. The minimum absolute atomic E-state index is 0.390. The number of aromatic nitrogens is 1. The van der Waals surface area contributed by atoms with E-state index in [9.17, 15) is 0 Å². The molecule has 4 heteroatoms. The van der Waals surface area contributed by atoms with Crippen molar-refractivity contribution in [3.63, 3.8) is 0 Å². The summed E-state index contributed by atoms with van der Waals surface area (Å²) in [4.78, 5) is 4.12. The Kier molecular flexibility index (Phi) is 3.51. The third kappa shape index (κ3) is 2.63. The lowest BCUT2D eigenvalue weighted by Crippen LogP contribution is -2.24. The van der Waals surface area contributed by atoms with Gasteiger partial charge in [0, 0.05) is 36.8 Å². The summed E-state index contributed by atoms with van der Waals surface area (Å²) < 4.78 is 10.6. The van der Waals surface area contributed by atoms with Crippen molar-refractivity contribution >= 4 is 0 Å². The first-order valence-corrected chi connectivity index (χ1v) is 6.65. The van der Waals surface area contributed by atoms with Crippen molar-refractivity contribution in [2.75, 3.05) is 7.11 Å². The van der Waals surface area contributed by atoms with Gasteiger partial charge in [0.25, 0.3) is 0 Å². The lowest BCUT2D eigenvalue weighted by atomic mass is 9.93. The molecule has 1 N–H and O–H groups in total. The highest BCUT2D eigenvalue weighted by molar-refractivity contribution is 5.25. The van der Waals surface area contributed by atoms with Crippen LogP contribution in [-0.2, 0) is 13.0 Å². The monoisotopic (exact) mass is 258 g/mol. The molecule has 0 fully saturated rings. The molecule has 0 bridgehead atoms. The lowest BCUT2D eigenvalue weighted by Gasteiger charge is -2.22. The number of rotatable bonds is 4. The number of methoxy groups -OCH3 is 1. The number of fused-ring (bicyclic) bond motifs is 1. The van der Waals surface area contributed by atoms with Gasteiger partial charge in [-0.05, 0) is 30.5 Å². The average molecular weight is 258 g/mol. The van der Waals surface area contributed by atoms with Crippen LogP contribution in [0.3, 0.4) is 0 Å². The van der Waals surface area contributed by atoms with E-state index in [1.807, 2.05) is 12.1 Å². The van der Waals surface area contributed by atoms with Crippen LogP contribution in [0.5, 0.6) is 5.88 Å². The molecule has 1 aliphatic rings. The SMILES string of the molecule is COc1cc(CNC2CCCc3occc32)ccn1. The Bertz CT molecular complexity index is 551. The molecular weight excluding hydrogens is 240 g/mol. The Balaban J connectivity index is 1.67. The molecule has 4 nitrogen and oxygen atoms in total. The van der Waals surface area contributed by atoms with Gasteiger partial charge in [-0.1, -0.05) is 0 Å². The molecule has 2 heterocycles. The maximum Gasteiger partial charge on any atom is 0.213 e. The molecule has 0 aliphatic heterocycles. The van der Waals surface area contributed by atoms with Gasteiger partial charge in [-0.25, -0.2) is 4.98 Å². The molecule has 0 aromatic carbocycles. The number of hydrogen-bond acceptors (Lipinski definition) is 4. The van der Waals surface area contributed by atoms with Gasteiger partial charge < -0.3 is 14.5 Å². The van der Waals surface area contributed by atoms with Crippen LogP contribution >= 0.6 is 0 Å². The average Bonchev–Trinajstić information content (AvgIpc) is 2.94. The van der Waals surface area contributed by atoms with Crippen molar-refractivity contribution in [3.8, 4) is 5.88 Å². The van der Waals surface area contributed by atoms with Crippen LogP contribution in [0.25, 0.3) is 0 Å². The summed E-state index contributed by atoms with van der Waals surface area (Å²) in [7, 11) is 1.64. The Morgan fingerprint density at radius 3 is 3.32 bits per heavy atom. The second-order valence-corrected chi connectivity index (χ2v) is 4.83. The van der Waals surface area contributed by atoms with Gasteiger partial charge in [0.15, 0.2) is 0 Å². The molecule has 0 saturated carbocycles. The third-order valence-corrected chi connectivity index (χ3v) is 3.61. The van der Waals surface area contributed by atoms with Gasteiger partial charge in [-0.2, -0.15) is 0 Å². The number of hydrogen-bond donors (Lipinski definition) is 1. The van der Waals surface area contributed by atoms with Gasteiger partial charge in [-0.15, -0.1) is 0 Å². The van der Waals surface area contributed by atoms with Crippen LogP contribution in [0, 0.1) is 0 Å². The summed E-state index contributed by atoms with van der Waals surface area (Å²) in [6, 6.07) is 6.45. The molecule has 1 aliphatic carbocycles. The maximum absolute atomic E-state index is 5.50. The Morgan fingerprint density at radius 2 is 2.42 bits per heavy atom. The largest absolute Gasteiger partial charge is 0.481 e. The first-order chi connectivity index (χ1) is 9.36. The van der Waals surface area contributed by atoms with E-state index in [4.69, 9.17) is 9.15 Å². The van der Waals surface area contributed by atoms with Crippen LogP contribution in [0.4, 0.5) is 0 Å². The van der Waals surface area contributed by atoms with Crippen molar-refractivity contribution in [3.05, 3.63) is 47.5 Å². The normalized spacial score (nSPS) is 18.1. The Hall–Kier alpha value is -1.81. The fourth-order valence-corrected chi connectivity index (χ4v) is 2.61. The predicted octanol–water partition coefficient (Wildman–Crippen LogP) is 2.85. The number of nitrogens with one attached hydrogen (secondary N) is 1. The molecule has 0 spiro atoms. The topological polar surface area (TPSA) is 47.3 Å². The molecule has 1 atom stereocenters. The molecule has 2 aromatic heterocycles. The quantitative estimate of drug-likeness (QED) is 0.916. The summed E-state index contributed by atoms with van der Waals surface area (Å²) in [5.41, 5.74) is 2.50. The van der Waals surface area contributed by atoms with Crippen LogP contribution in [-0.4, -0.2) is 12.1 Å². The first kappa shape index (κ1) is 12.2. The second-order valence-electron chi connectivity index (χ2n) is 4.83. The lowest BCUT2D eigenvalue weighted by molar-refractivity contribution is 0.394. The van der Waals surface area contributed by atoms with Gasteiger partial charge >= 0.3 is 0 Å². The summed E-state index contributed by atoms with van der Waals surface area (Å²) >= 11 is 0. The zero-order chi connectivity index (χ0) is 13.1. The number of nitrogens with zero attached hydrogens (tertiary/aromatic N) is 1. The van der Waals surface area contributed by atoms with E-state index in [1.54, 1.807) is 19.6 Å². The molecule has 19 heavy (non-hydrogen) atoms. The third-order valence-electron chi connectivity index (χ3n) is 3.61. The molecule has 1 unspecified atom stereocenters. The highest BCUT2D eigenvalue weighted by atomic mass is 16.5. The highest BCUT2D eigenvalue weighted by Crippen LogP contribution is 2.30. The zero-order valence-corrected chi connectivity index (χ0v) is 11.1. The first-order valence-electron chi connectivity index (χ1n) is 6.65. The smallest absolute Gasteiger partial charge is 0.213 e. The Morgan fingerprint density at radius 1 is 1.47 bits per heavy atom. The number of aryl methyl sites for hydroxylation is 1. The summed E-state index contributed by atoms with van der Waals surface area (Å²) in [6.45, 7) is 0.814. The summed E-state index contributed by atoms with van der Waals surface area (Å²) in [5, 5.41) is 3.59. The summed E-state index contributed by atoms with van der Waals surface area (Å²) in [6.07, 6.45) is 6.97. The minimum atomic E-state index is 0.390.